The molecule has 3 rings (SSSR count). The Balaban J connectivity index is 0.00000107. The van der Waals surface area contributed by atoms with Crippen LogP contribution < -0.4 is 15.4 Å². The van der Waals surface area contributed by atoms with Crippen molar-refractivity contribution in [2.24, 2.45) is 0 Å². The van der Waals surface area contributed by atoms with E-state index >= 15 is 0 Å². The van der Waals surface area contributed by atoms with Crippen molar-refractivity contribution in [3.05, 3.63) is 59.6 Å². The fourth-order valence-electron chi connectivity index (χ4n) is 2.99. The number of carbonyl (C=O) groups is 1. The highest BCUT2D eigenvalue weighted by atomic mass is 16.5. The summed E-state index contributed by atoms with van der Waals surface area (Å²) >= 11 is 0. The Labute approximate surface area is 185 Å². The van der Waals surface area contributed by atoms with Crippen molar-refractivity contribution in [1.29, 1.82) is 0 Å². The fourth-order valence-corrected chi connectivity index (χ4v) is 2.99. The Kier molecular flexibility index (Phi) is 9.25. The quantitative estimate of drug-likeness (QED) is 0.656. The van der Waals surface area contributed by atoms with Gasteiger partial charge in [-0.15, -0.1) is 0 Å². The SMILES string of the molecule is C=C(NC1=C(C)C(=O)NCC1)c1ccnc(-c2ccc(OCCC)c(C)c2)n1.CCC. The summed E-state index contributed by atoms with van der Waals surface area (Å²) in [5.41, 5.74) is 4.86. The molecule has 31 heavy (non-hydrogen) atoms. The van der Waals surface area contributed by atoms with E-state index in [0.29, 0.717) is 35.9 Å². The van der Waals surface area contributed by atoms with E-state index in [9.17, 15) is 4.79 Å². The van der Waals surface area contributed by atoms with Crippen molar-refractivity contribution in [2.75, 3.05) is 13.2 Å². The van der Waals surface area contributed by atoms with Gasteiger partial charge in [-0.05, 0) is 50.1 Å². The minimum Gasteiger partial charge on any atom is -0.493 e. The highest BCUT2D eigenvalue weighted by Crippen LogP contribution is 2.25. The van der Waals surface area contributed by atoms with Crippen molar-refractivity contribution in [1.82, 2.24) is 20.6 Å². The van der Waals surface area contributed by atoms with E-state index in [1.165, 1.54) is 6.42 Å². The number of nitrogens with zero attached hydrogens (tertiary/aromatic N) is 2. The average Bonchev–Trinajstić information content (AvgIpc) is 2.76. The molecule has 1 aromatic heterocycles. The maximum atomic E-state index is 11.8. The third kappa shape index (κ3) is 6.67. The molecule has 2 aromatic rings. The zero-order chi connectivity index (χ0) is 22.8. The molecule has 166 valence electrons. The molecular formula is C25H34N4O2. The number of nitrogens with one attached hydrogen (secondary N) is 2. The van der Waals surface area contributed by atoms with E-state index in [2.05, 4.69) is 48.0 Å². The maximum absolute atomic E-state index is 11.8. The Morgan fingerprint density at radius 2 is 1.97 bits per heavy atom. The lowest BCUT2D eigenvalue weighted by molar-refractivity contribution is -0.117. The van der Waals surface area contributed by atoms with Gasteiger partial charge in [0.25, 0.3) is 0 Å². The summed E-state index contributed by atoms with van der Waals surface area (Å²) in [5.74, 6) is 1.45. The molecule has 0 bridgehead atoms. The molecule has 0 aliphatic carbocycles. The summed E-state index contributed by atoms with van der Waals surface area (Å²) in [6.45, 7) is 15.6. The van der Waals surface area contributed by atoms with Gasteiger partial charge in [-0.2, -0.15) is 0 Å². The second-order valence-electron chi connectivity index (χ2n) is 7.51. The van der Waals surface area contributed by atoms with E-state index < -0.39 is 0 Å². The molecule has 0 saturated carbocycles. The van der Waals surface area contributed by atoms with Gasteiger partial charge in [0.15, 0.2) is 5.82 Å². The lowest BCUT2D eigenvalue weighted by Gasteiger charge is -2.20. The third-order valence-corrected chi connectivity index (χ3v) is 4.62. The maximum Gasteiger partial charge on any atom is 0.248 e. The number of ether oxygens (including phenoxy) is 1. The Bertz CT molecular complexity index is 950. The second-order valence-corrected chi connectivity index (χ2v) is 7.51. The minimum atomic E-state index is -0.0502. The van der Waals surface area contributed by atoms with Gasteiger partial charge in [0.2, 0.25) is 5.91 Å². The molecule has 0 fully saturated rings. The summed E-state index contributed by atoms with van der Waals surface area (Å²) in [6, 6.07) is 7.76. The van der Waals surface area contributed by atoms with E-state index in [4.69, 9.17) is 4.74 Å². The van der Waals surface area contributed by atoms with Gasteiger partial charge < -0.3 is 15.4 Å². The van der Waals surface area contributed by atoms with Crippen LogP contribution in [0.25, 0.3) is 17.1 Å². The first-order valence-electron chi connectivity index (χ1n) is 10.9. The van der Waals surface area contributed by atoms with Crippen LogP contribution in [0.3, 0.4) is 0 Å². The Morgan fingerprint density at radius 1 is 1.23 bits per heavy atom. The molecule has 6 nitrogen and oxygen atoms in total. The van der Waals surface area contributed by atoms with Gasteiger partial charge in [0, 0.05) is 36.0 Å². The zero-order valence-corrected chi connectivity index (χ0v) is 19.3. The summed E-state index contributed by atoms with van der Waals surface area (Å²) in [7, 11) is 0. The molecule has 0 atom stereocenters. The number of carbonyl (C=O) groups excluding carboxylic acids is 1. The summed E-state index contributed by atoms with van der Waals surface area (Å²) in [6.07, 6.45) is 4.68. The molecule has 2 N–H and O–H groups in total. The molecule has 1 amide bonds. The average molecular weight is 423 g/mol. The molecule has 0 spiro atoms. The van der Waals surface area contributed by atoms with Crippen LogP contribution in [0.2, 0.25) is 0 Å². The van der Waals surface area contributed by atoms with Gasteiger partial charge in [0.05, 0.1) is 18.0 Å². The van der Waals surface area contributed by atoms with Gasteiger partial charge in [-0.3, -0.25) is 4.79 Å². The molecule has 1 aliphatic heterocycles. The lowest BCUT2D eigenvalue weighted by atomic mass is 10.1. The molecule has 0 radical (unpaired) electrons. The first-order valence-corrected chi connectivity index (χ1v) is 10.9. The molecule has 0 saturated heterocycles. The van der Waals surface area contributed by atoms with Gasteiger partial charge in [-0.1, -0.05) is 33.8 Å². The molecule has 2 heterocycles. The van der Waals surface area contributed by atoms with E-state index in [-0.39, 0.29) is 5.91 Å². The van der Waals surface area contributed by atoms with Crippen LogP contribution in [0, 0.1) is 6.92 Å². The number of hydrogen-bond donors (Lipinski definition) is 2. The van der Waals surface area contributed by atoms with Crippen LogP contribution in [0.15, 0.2) is 48.3 Å². The highest BCUT2D eigenvalue weighted by molar-refractivity contribution is 5.94. The number of rotatable bonds is 7. The normalized spacial score (nSPS) is 13.1. The van der Waals surface area contributed by atoms with Crippen molar-refractivity contribution >= 4 is 11.6 Å². The third-order valence-electron chi connectivity index (χ3n) is 4.62. The lowest BCUT2D eigenvalue weighted by Crippen LogP contribution is -2.34. The summed E-state index contributed by atoms with van der Waals surface area (Å²) in [4.78, 5) is 20.9. The smallest absolute Gasteiger partial charge is 0.248 e. The molecule has 0 unspecified atom stereocenters. The summed E-state index contributed by atoms with van der Waals surface area (Å²) < 4.78 is 5.74. The monoisotopic (exact) mass is 422 g/mol. The van der Waals surface area contributed by atoms with Crippen molar-refractivity contribution in [3.8, 4) is 17.1 Å². The highest BCUT2D eigenvalue weighted by Gasteiger charge is 2.17. The zero-order valence-electron chi connectivity index (χ0n) is 19.3. The minimum absolute atomic E-state index is 0.0502. The first-order chi connectivity index (χ1) is 14.9. The van der Waals surface area contributed by atoms with E-state index in [0.717, 1.165) is 35.4 Å². The topological polar surface area (TPSA) is 76.1 Å². The predicted molar refractivity (Wildman–Crippen MR) is 126 cm³/mol. The first kappa shape index (κ1) is 24.1. The number of aryl methyl sites for hydroxylation is 1. The fraction of sp³-hybridized carbons (Fsp3) is 0.400. The van der Waals surface area contributed by atoms with E-state index in [1.54, 1.807) is 13.1 Å². The van der Waals surface area contributed by atoms with Gasteiger partial charge >= 0.3 is 0 Å². The van der Waals surface area contributed by atoms with Crippen LogP contribution in [-0.4, -0.2) is 29.0 Å². The van der Waals surface area contributed by atoms with Crippen molar-refractivity contribution < 1.29 is 9.53 Å². The largest absolute Gasteiger partial charge is 0.493 e. The molecular weight excluding hydrogens is 388 g/mol. The molecule has 1 aliphatic rings. The van der Waals surface area contributed by atoms with Crippen molar-refractivity contribution in [3.63, 3.8) is 0 Å². The van der Waals surface area contributed by atoms with Gasteiger partial charge in [0.1, 0.15) is 5.75 Å². The molecule has 1 aromatic carbocycles. The van der Waals surface area contributed by atoms with E-state index in [1.807, 2.05) is 31.2 Å². The van der Waals surface area contributed by atoms with Crippen LogP contribution in [0.4, 0.5) is 0 Å². The standard InChI is InChI=1S/C22H26N4O2.C3H8/c1-5-12-28-20-7-6-17(13-14(20)2)21-23-10-9-19(26-21)16(4)25-18-8-11-24-22(27)15(18)3;1-3-2/h6-7,9-10,13,25H,4-5,8,11-12H2,1-3H3,(H,24,27);3H2,1-2H3. The number of amides is 1. The molecule has 6 heteroatoms. The van der Waals surface area contributed by atoms with Crippen LogP contribution in [-0.2, 0) is 4.79 Å². The number of hydrogen-bond acceptors (Lipinski definition) is 5. The number of aromatic nitrogens is 2. The van der Waals surface area contributed by atoms with Crippen LogP contribution >= 0.6 is 0 Å². The van der Waals surface area contributed by atoms with Gasteiger partial charge in [-0.25, -0.2) is 9.97 Å². The van der Waals surface area contributed by atoms with Crippen molar-refractivity contribution in [2.45, 2.75) is 53.9 Å². The second kappa shape index (κ2) is 11.9. The Morgan fingerprint density at radius 3 is 2.65 bits per heavy atom. The number of benzene rings is 1. The van der Waals surface area contributed by atoms with Crippen LogP contribution in [0.5, 0.6) is 5.75 Å². The van der Waals surface area contributed by atoms with Crippen LogP contribution in [0.1, 0.15) is 58.2 Å². The predicted octanol–water partition coefficient (Wildman–Crippen LogP) is 5.01. The Hall–Kier alpha value is -3.15. The summed E-state index contributed by atoms with van der Waals surface area (Å²) in [5, 5.41) is 6.08.